The molecule has 2 rings (SSSR count). The third-order valence-electron chi connectivity index (χ3n) is 4.69. The van der Waals surface area contributed by atoms with Crippen LogP contribution < -0.4 is 5.14 Å². The van der Waals surface area contributed by atoms with Crippen molar-refractivity contribution in [3.05, 3.63) is 45.3 Å². The Morgan fingerprint density at radius 3 is 2.19 bits per heavy atom. The Bertz CT molecular complexity index is 1070. The lowest BCUT2D eigenvalue weighted by atomic mass is 9.87. The number of hydrogen-bond acceptors (Lipinski definition) is 6. The number of nitrogens with zero attached hydrogens (tertiary/aromatic N) is 2. The Kier molecular flexibility index (Phi) is 7.76. The van der Waals surface area contributed by atoms with Crippen LogP contribution in [0.1, 0.15) is 80.8 Å². The zero-order valence-electron chi connectivity index (χ0n) is 18.6. The van der Waals surface area contributed by atoms with E-state index in [0.717, 1.165) is 11.3 Å². The van der Waals surface area contributed by atoms with Crippen LogP contribution >= 0.6 is 11.3 Å². The van der Waals surface area contributed by atoms with Gasteiger partial charge in [-0.25, -0.2) is 18.7 Å². The molecule has 0 saturated heterocycles. The minimum absolute atomic E-state index is 0.0127. The second kappa shape index (κ2) is 9.41. The molecule has 0 radical (unpaired) electrons. The molecule has 0 spiro atoms. The number of hydrogen-bond donors (Lipinski definition) is 3. The van der Waals surface area contributed by atoms with Gasteiger partial charge in [-0.1, -0.05) is 27.7 Å². The molecule has 1 atom stereocenters. The molecule has 1 unspecified atom stereocenters. The van der Waals surface area contributed by atoms with E-state index < -0.39 is 28.0 Å². The van der Waals surface area contributed by atoms with E-state index in [-0.39, 0.29) is 39.0 Å². The van der Waals surface area contributed by atoms with Crippen LogP contribution in [0.4, 0.5) is 4.39 Å². The fourth-order valence-electron chi connectivity index (χ4n) is 3.22. The molecule has 2 aromatic rings. The molecule has 1 aromatic heterocycles. The van der Waals surface area contributed by atoms with Crippen molar-refractivity contribution in [3.8, 4) is 0 Å². The number of aromatic nitrogens is 1. The van der Waals surface area contributed by atoms with Gasteiger partial charge in [0.25, 0.3) is 5.91 Å². The second-order valence-corrected chi connectivity index (χ2v) is 11.6. The van der Waals surface area contributed by atoms with Crippen molar-refractivity contribution in [3.63, 3.8) is 0 Å². The Morgan fingerprint density at radius 2 is 1.77 bits per heavy atom. The third kappa shape index (κ3) is 5.95. The smallest absolute Gasteiger partial charge is 0.259 e. The van der Waals surface area contributed by atoms with Gasteiger partial charge in [-0.15, -0.1) is 15.7 Å². The summed E-state index contributed by atoms with van der Waals surface area (Å²) in [6.45, 7) is 10.0. The van der Waals surface area contributed by atoms with Gasteiger partial charge in [0, 0.05) is 0 Å². The van der Waals surface area contributed by atoms with Crippen molar-refractivity contribution in [2.24, 2.45) is 9.50 Å². The number of aliphatic hydroxyl groups is 2. The van der Waals surface area contributed by atoms with Gasteiger partial charge in [-0.2, -0.15) is 0 Å². The van der Waals surface area contributed by atoms with E-state index >= 15 is 0 Å². The number of carbonyl (C=O) groups excluding carboxylic acids is 1. The monoisotopic (exact) mass is 471 g/mol. The van der Waals surface area contributed by atoms with Gasteiger partial charge in [-0.3, -0.25) is 4.79 Å². The highest BCUT2D eigenvalue weighted by atomic mass is 32.2. The molecule has 1 heterocycles. The van der Waals surface area contributed by atoms with E-state index in [1.807, 2.05) is 27.7 Å². The molecule has 4 N–H and O–H groups in total. The summed E-state index contributed by atoms with van der Waals surface area (Å²) in [4.78, 5) is 16.9. The van der Waals surface area contributed by atoms with E-state index in [1.54, 1.807) is 0 Å². The fourth-order valence-corrected chi connectivity index (χ4v) is 5.75. The van der Waals surface area contributed by atoms with Crippen LogP contribution in [0, 0.1) is 5.82 Å². The Balaban J connectivity index is 2.53. The average Bonchev–Trinajstić information content (AvgIpc) is 3.07. The summed E-state index contributed by atoms with van der Waals surface area (Å²) >= 11 is 0.847. The highest BCUT2D eigenvalue weighted by Gasteiger charge is 2.27. The van der Waals surface area contributed by atoms with E-state index in [0.29, 0.717) is 16.7 Å². The molecular weight excluding hydrogens is 441 g/mol. The maximum atomic E-state index is 14.1. The molecule has 0 aliphatic rings. The van der Waals surface area contributed by atoms with E-state index in [1.165, 1.54) is 26.0 Å². The lowest BCUT2D eigenvalue weighted by Gasteiger charge is -2.19. The number of nitrogens with two attached hydrogens (primary N) is 1. The number of amides is 1. The molecule has 1 aromatic carbocycles. The van der Waals surface area contributed by atoms with Crippen LogP contribution in [0.3, 0.4) is 0 Å². The standard InChI is InChI=1S/C21H30FN3O4S2/c1-11(2)14-7-13(22)8-15(12(3)4)16(14)9-18(27)25-31(23,29)19-17(10-26)24-20(30-19)21(5,6)28/h7-8,11-12,26,28H,9-10H2,1-6H3,(H2,23,25,27,29). The third-order valence-corrected chi connectivity index (χ3v) is 8.11. The summed E-state index contributed by atoms with van der Waals surface area (Å²) in [6, 6.07) is 2.81. The topological polar surface area (TPSA) is 126 Å². The summed E-state index contributed by atoms with van der Waals surface area (Å²) in [5.41, 5.74) is 0.708. The molecule has 0 saturated carbocycles. The van der Waals surface area contributed by atoms with Crippen LogP contribution in [-0.2, 0) is 33.3 Å². The molecular formula is C21H30FN3O4S2. The predicted molar refractivity (Wildman–Crippen MR) is 120 cm³/mol. The van der Waals surface area contributed by atoms with Gasteiger partial charge in [0.2, 0.25) is 0 Å². The minimum atomic E-state index is -3.70. The number of carbonyl (C=O) groups is 1. The zero-order chi connectivity index (χ0) is 23.7. The minimum Gasteiger partial charge on any atom is -0.390 e. The highest BCUT2D eigenvalue weighted by molar-refractivity contribution is 7.93. The molecule has 10 heteroatoms. The number of thiazole rings is 1. The SMILES string of the molecule is CC(C)c1cc(F)cc(C(C)C)c1CC(=O)N=S(N)(=O)c1sc(C(C)(C)O)nc1CO. The fraction of sp³-hybridized carbons (Fsp3) is 0.524. The lowest BCUT2D eigenvalue weighted by molar-refractivity contribution is -0.117. The molecule has 31 heavy (non-hydrogen) atoms. The van der Waals surface area contributed by atoms with Crippen molar-refractivity contribution in [2.45, 2.75) is 76.2 Å². The largest absolute Gasteiger partial charge is 0.390 e. The van der Waals surface area contributed by atoms with Crippen molar-refractivity contribution in [2.75, 3.05) is 0 Å². The molecule has 0 aliphatic heterocycles. The van der Waals surface area contributed by atoms with Crippen LogP contribution in [0.25, 0.3) is 0 Å². The van der Waals surface area contributed by atoms with E-state index in [9.17, 15) is 23.6 Å². The van der Waals surface area contributed by atoms with Crippen LogP contribution in [-0.4, -0.2) is 25.3 Å². The zero-order valence-corrected chi connectivity index (χ0v) is 20.2. The quantitative estimate of drug-likeness (QED) is 0.567. The van der Waals surface area contributed by atoms with Crippen LogP contribution in [0.15, 0.2) is 20.7 Å². The van der Waals surface area contributed by atoms with E-state index in [4.69, 9.17) is 5.14 Å². The molecule has 0 fully saturated rings. The Hall–Kier alpha value is -1.72. The van der Waals surface area contributed by atoms with Gasteiger partial charge >= 0.3 is 0 Å². The first-order valence-corrected chi connectivity index (χ1v) is 12.3. The summed E-state index contributed by atoms with van der Waals surface area (Å²) < 4.78 is 30.9. The van der Waals surface area contributed by atoms with Gasteiger partial charge in [0.05, 0.1) is 18.7 Å². The second-order valence-electron chi connectivity index (χ2n) is 8.57. The molecule has 1 amide bonds. The normalized spacial score (nSPS) is 14.2. The molecule has 0 bridgehead atoms. The predicted octanol–water partition coefficient (Wildman–Crippen LogP) is 3.72. The highest BCUT2D eigenvalue weighted by Crippen LogP contribution is 2.32. The Labute approximate surface area is 186 Å². The van der Waals surface area contributed by atoms with Crippen LogP contribution in [0.5, 0.6) is 0 Å². The number of rotatable bonds is 7. The molecule has 7 nitrogen and oxygen atoms in total. The summed E-state index contributed by atoms with van der Waals surface area (Å²) in [7, 11) is -3.70. The van der Waals surface area contributed by atoms with Crippen molar-refractivity contribution in [1.82, 2.24) is 4.98 Å². The summed E-state index contributed by atoms with van der Waals surface area (Å²) in [5.74, 6) is -1.16. The molecule has 0 aliphatic carbocycles. The molecule has 172 valence electrons. The first-order valence-electron chi connectivity index (χ1n) is 9.90. The first kappa shape index (κ1) is 25.5. The van der Waals surface area contributed by atoms with Crippen LogP contribution in [0.2, 0.25) is 0 Å². The van der Waals surface area contributed by atoms with Crippen molar-refractivity contribution >= 4 is 27.2 Å². The first-order chi connectivity index (χ1) is 14.2. The summed E-state index contributed by atoms with van der Waals surface area (Å²) in [5, 5.41) is 25.8. The van der Waals surface area contributed by atoms with Gasteiger partial charge in [0.15, 0.2) is 9.92 Å². The number of aliphatic hydroxyl groups excluding tert-OH is 1. The van der Waals surface area contributed by atoms with Crippen molar-refractivity contribution < 1.29 is 23.6 Å². The maximum absolute atomic E-state index is 14.1. The Morgan fingerprint density at radius 1 is 1.26 bits per heavy atom. The average molecular weight is 472 g/mol. The van der Waals surface area contributed by atoms with E-state index in [2.05, 4.69) is 9.35 Å². The van der Waals surface area contributed by atoms with Gasteiger partial charge < -0.3 is 10.2 Å². The number of halogens is 1. The van der Waals surface area contributed by atoms with Gasteiger partial charge in [0.1, 0.15) is 20.6 Å². The lowest BCUT2D eigenvalue weighted by Crippen LogP contribution is -2.17. The van der Waals surface area contributed by atoms with Gasteiger partial charge in [-0.05, 0) is 54.5 Å². The summed E-state index contributed by atoms with van der Waals surface area (Å²) in [6.07, 6.45) is -0.179. The van der Waals surface area contributed by atoms with Crippen molar-refractivity contribution in [1.29, 1.82) is 0 Å². The number of benzene rings is 1. The maximum Gasteiger partial charge on any atom is 0.259 e.